The largest absolute Gasteiger partial charge is 0.481 e. The normalized spacial score (nSPS) is 8.11. The van der Waals surface area contributed by atoms with Gasteiger partial charge < -0.3 is 10.00 Å². The maximum absolute atomic E-state index is 9.53. The van der Waals surface area contributed by atoms with Gasteiger partial charge in [-0.15, -0.1) is 6.58 Å². The molecule has 4 nitrogen and oxygen atoms in total. The van der Waals surface area contributed by atoms with Gasteiger partial charge in [-0.25, -0.2) is 0 Å². The summed E-state index contributed by atoms with van der Waals surface area (Å²) >= 11 is 0. The van der Waals surface area contributed by atoms with Crippen LogP contribution in [0, 0.1) is 0 Å². The molecule has 0 saturated carbocycles. The molecule has 0 aliphatic rings. The van der Waals surface area contributed by atoms with Crippen molar-refractivity contribution in [3.05, 3.63) is 12.7 Å². The second-order valence-corrected chi connectivity index (χ2v) is 1.20. The molecule has 0 spiro atoms. The fourth-order valence-corrected chi connectivity index (χ4v) is 0.123. The lowest BCUT2D eigenvalue weighted by molar-refractivity contribution is -0.135. The first kappa shape index (κ1) is 11.2. The molecule has 0 saturated heterocycles. The summed E-state index contributed by atoms with van der Waals surface area (Å²) in [4.78, 5) is 16.6. The van der Waals surface area contributed by atoms with Gasteiger partial charge in [0.05, 0.1) is 6.42 Å². The maximum atomic E-state index is 9.53. The van der Waals surface area contributed by atoms with Crippen molar-refractivity contribution in [1.82, 2.24) is 0 Å². The van der Waals surface area contributed by atoms with Gasteiger partial charge >= 0.3 is 5.97 Å². The summed E-state index contributed by atoms with van der Waals surface area (Å²) in [7, 11) is -1.50. The summed E-state index contributed by atoms with van der Waals surface area (Å²) in [6.45, 7) is 3.22. The number of rotatable bonds is 2. The third kappa shape index (κ3) is 37.5. The molecule has 1 unspecified atom stereocenters. The van der Waals surface area contributed by atoms with Gasteiger partial charge in [0.2, 0.25) is 0 Å². The summed E-state index contributed by atoms with van der Waals surface area (Å²) in [5.74, 6) is -0.829. The average Bonchev–Trinajstić information content (AvgIpc) is 1.67. The van der Waals surface area contributed by atoms with E-state index in [4.69, 9.17) is 14.6 Å². The second-order valence-electron chi connectivity index (χ2n) is 0.992. The van der Waals surface area contributed by atoms with Gasteiger partial charge in [0.15, 0.2) is 8.69 Å². The quantitative estimate of drug-likeness (QED) is 0.440. The number of carboxylic acids is 1. The van der Waals surface area contributed by atoms with E-state index in [-0.39, 0.29) is 6.42 Å². The fraction of sp³-hybridized carbons (Fsp3) is 0.250. The number of hydrogen-bond acceptors (Lipinski definition) is 2. The molecule has 0 rings (SSSR count). The van der Waals surface area contributed by atoms with Gasteiger partial charge in [-0.1, -0.05) is 6.08 Å². The molecule has 5 heteroatoms. The van der Waals surface area contributed by atoms with Crippen LogP contribution in [-0.2, 0) is 9.36 Å². The molecule has 0 radical (unpaired) electrons. The predicted octanol–water partition coefficient (Wildman–Crippen LogP) is 0.297. The highest BCUT2D eigenvalue weighted by Gasteiger charge is 1.84. The fourth-order valence-electron chi connectivity index (χ4n) is 0.123. The van der Waals surface area contributed by atoms with E-state index in [0.29, 0.717) is 0 Å². The van der Waals surface area contributed by atoms with E-state index in [9.17, 15) is 4.79 Å². The predicted molar refractivity (Wildman–Crippen MR) is 35.1 cm³/mol. The Kier molecular flexibility index (Phi) is 13.0. The Morgan fingerprint density at radius 1 is 1.78 bits per heavy atom. The first-order chi connectivity index (χ1) is 4.18. The minimum Gasteiger partial charge on any atom is -0.481 e. The Morgan fingerprint density at radius 3 is 2.11 bits per heavy atom. The van der Waals surface area contributed by atoms with Crippen LogP contribution in [0.5, 0.6) is 0 Å². The van der Waals surface area contributed by atoms with Crippen LogP contribution < -0.4 is 0 Å². The Morgan fingerprint density at radius 2 is 2.11 bits per heavy atom. The van der Waals surface area contributed by atoms with Gasteiger partial charge in [0, 0.05) is 0 Å². The molecule has 0 aromatic carbocycles. The van der Waals surface area contributed by atoms with Crippen LogP contribution in [-0.4, -0.2) is 16.0 Å². The van der Waals surface area contributed by atoms with Crippen LogP contribution in [0.4, 0.5) is 0 Å². The van der Waals surface area contributed by atoms with Gasteiger partial charge in [-0.3, -0.25) is 9.36 Å². The van der Waals surface area contributed by atoms with Gasteiger partial charge in [-0.2, -0.15) is 0 Å². The summed E-state index contributed by atoms with van der Waals surface area (Å²) in [5.41, 5.74) is 0. The molecule has 1 atom stereocenters. The first-order valence-electron chi connectivity index (χ1n) is 2.09. The minimum atomic E-state index is -1.50. The molecular weight excluding hydrogens is 143 g/mol. The molecule has 0 aliphatic heterocycles. The van der Waals surface area contributed by atoms with Crippen molar-refractivity contribution >= 4 is 14.7 Å². The molecule has 0 aromatic rings. The van der Waals surface area contributed by atoms with Crippen LogP contribution >= 0.6 is 8.69 Å². The van der Waals surface area contributed by atoms with Crippen molar-refractivity contribution in [2.75, 3.05) is 0 Å². The highest BCUT2D eigenvalue weighted by molar-refractivity contribution is 7.16. The Labute approximate surface area is 54.1 Å². The van der Waals surface area contributed by atoms with E-state index in [1.165, 1.54) is 6.08 Å². The van der Waals surface area contributed by atoms with Gasteiger partial charge in [0.1, 0.15) is 0 Å². The molecule has 0 aromatic heterocycles. The lowest BCUT2D eigenvalue weighted by Gasteiger charge is -1.75. The van der Waals surface area contributed by atoms with E-state index in [0.717, 1.165) is 0 Å². The molecule has 54 valence electrons. The van der Waals surface area contributed by atoms with Crippen molar-refractivity contribution in [3.8, 4) is 0 Å². The van der Waals surface area contributed by atoms with E-state index in [2.05, 4.69) is 6.58 Å². The van der Waals surface area contributed by atoms with E-state index in [1.807, 2.05) is 0 Å². The smallest absolute Gasteiger partial charge is 0.307 e. The van der Waals surface area contributed by atoms with Crippen LogP contribution in [0.1, 0.15) is 6.42 Å². The van der Waals surface area contributed by atoms with E-state index >= 15 is 0 Å². The van der Waals surface area contributed by atoms with Crippen LogP contribution in [0.3, 0.4) is 0 Å². The zero-order valence-corrected chi connectivity index (χ0v) is 5.93. The zero-order valence-electron chi connectivity index (χ0n) is 4.78. The average molecular weight is 152 g/mol. The van der Waals surface area contributed by atoms with Crippen LogP contribution in [0.2, 0.25) is 0 Å². The standard InChI is InChI=1S/C4H6O2.H3O2P/c1-2-3-4(5)6;1-3-2/h2H,1,3H2,(H,5,6);3H2,(H,1,2). The Balaban J connectivity index is 0. The molecular formula is C4H9O4P. The monoisotopic (exact) mass is 152 g/mol. The van der Waals surface area contributed by atoms with Crippen molar-refractivity contribution in [2.45, 2.75) is 6.42 Å². The van der Waals surface area contributed by atoms with E-state index < -0.39 is 14.7 Å². The summed E-state index contributed by atoms with van der Waals surface area (Å²) < 4.78 is 8.57. The lowest BCUT2D eigenvalue weighted by atomic mass is 10.4. The number of hydrogen-bond donors (Lipinski definition) is 2. The van der Waals surface area contributed by atoms with Crippen LogP contribution in [0.25, 0.3) is 0 Å². The summed E-state index contributed by atoms with van der Waals surface area (Å²) in [5, 5.41) is 7.84. The summed E-state index contributed by atoms with van der Waals surface area (Å²) in [6, 6.07) is 0. The maximum Gasteiger partial charge on any atom is 0.307 e. The molecule has 0 bridgehead atoms. The van der Waals surface area contributed by atoms with Crippen molar-refractivity contribution in [2.24, 2.45) is 0 Å². The molecule has 0 amide bonds. The number of carboxylic acid groups (broad SMARTS) is 1. The SMILES string of the molecule is C=CCC(=O)O.O=[PH2]O. The van der Waals surface area contributed by atoms with Gasteiger partial charge in [0.25, 0.3) is 0 Å². The third-order valence-corrected chi connectivity index (χ3v) is 0.319. The molecule has 0 fully saturated rings. The van der Waals surface area contributed by atoms with Crippen molar-refractivity contribution < 1.29 is 19.4 Å². The Bertz CT molecular complexity index is 101. The topological polar surface area (TPSA) is 74.6 Å². The summed E-state index contributed by atoms with van der Waals surface area (Å²) in [6.07, 6.45) is 1.41. The highest BCUT2D eigenvalue weighted by atomic mass is 31.1. The molecule has 0 aliphatic carbocycles. The van der Waals surface area contributed by atoms with Crippen molar-refractivity contribution in [3.63, 3.8) is 0 Å². The molecule has 9 heavy (non-hydrogen) atoms. The molecule has 2 N–H and O–H groups in total. The van der Waals surface area contributed by atoms with Crippen LogP contribution in [0.15, 0.2) is 12.7 Å². The van der Waals surface area contributed by atoms with E-state index in [1.54, 1.807) is 0 Å². The number of carbonyl (C=O) groups is 1. The number of aliphatic carboxylic acids is 1. The minimum absolute atomic E-state index is 0.0556. The third-order valence-electron chi connectivity index (χ3n) is 0.319. The second kappa shape index (κ2) is 10.4. The highest BCUT2D eigenvalue weighted by Crippen LogP contribution is 1.74. The van der Waals surface area contributed by atoms with Crippen molar-refractivity contribution in [1.29, 1.82) is 0 Å². The van der Waals surface area contributed by atoms with Gasteiger partial charge in [-0.05, 0) is 0 Å². The molecule has 0 heterocycles. The lowest BCUT2D eigenvalue weighted by Crippen LogP contribution is -1.88. The zero-order chi connectivity index (χ0) is 7.70. The first-order valence-corrected chi connectivity index (χ1v) is 3.08. The Hall–Kier alpha value is -0.600.